The van der Waals surface area contributed by atoms with Gasteiger partial charge >= 0.3 is 5.97 Å². The van der Waals surface area contributed by atoms with Crippen LogP contribution in [0, 0.1) is 0 Å². The number of carbonyl (C=O) groups excluding carboxylic acids is 1. The number of hydrogen-bond donors (Lipinski definition) is 2. The smallest absolute Gasteiger partial charge is 0.328 e. The number of nitrogens with zero attached hydrogens (tertiary/aromatic N) is 1. The fraction of sp³-hybridized carbons (Fsp3) is 0.357. The first kappa shape index (κ1) is 15.8. The van der Waals surface area contributed by atoms with E-state index in [-0.39, 0.29) is 12.5 Å². The van der Waals surface area contributed by atoms with Crippen LogP contribution < -0.4 is 5.32 Å². The van der Waals surface area contributed by atoms with E-state index in [4.69, 9.17) is 9.84 Å². The molecule has 0 radical (unpaired) electrons. The molecule has 0 aliphatic heterocycles. The van der Waals surface area contributed by atoms with Crippen LogP contribution in [0.3, 0.4) is 0 Å². The van der Waals surface area contributed by atoms with Crippen LogP contribution in [-0.2, 0) is 14.3 Å². The fourth-order valence-corrected chi connectivity index (χ4v) is 1.25. The predicted octanol–water partition coefficient (Wildman–Crippen LogP) is 1.93. The zero-order valence-corrected chi connectivity index (χ0v) is 11.7. The summed E-state index contributed by atoms with van der Waals surface area (Å²) in [6, 6.07) is 3.22. The van der Waals surface area contributed by atoms with Gasteiger partial charge in [0.05, 0.1) is 5.60 Å². The topological polar surface area (TPSA) is 88.5 Å². The molecule has 108 valence electrons. The van der Waals surface area contributed by atoms with Crippen LogP contribution in [0.15, 0.2) is 24.4 Å². The Bertz CT molecular complexity index is 518. The molecule has 0 atom stereocenters. The van der Waals surface area contributed by atoms with E-state index in [1.807, 2.05) is 20.8 Å². The molecule has 1 amide bonds. The SMILES string of the molecule is CC(C)(C)OCC(=O)Nc1cc(/C=C/C(=O)O)ccn1. The molecule has 20 heavy (non-hydrogen) atoms. The quantitative estimate of drug-likeness (QED) is 0.803. The Morgan fingerprint density at radius 1 is 1.45 bits per heavy atom. The third-order valence-electron chi connectivity index (χ3n) is 2.11. The summed E-state index contributed by atoms with van der Waals surface area (Å²) >= 11 is 0. The standard InChI is InChI=1S/C14H18N2O4/c1-14(2,3)20-9-12(17)16-11-8-10(6-7-15-11)4-5-13(18)19/h4-8H,9H2,1-3H3,(H,18,19)(H,15,16,17)/b5-4+. The van der Waals surface area contributed by atoms with Gasteiger partial charge in [0.1, 0.15) is 12.4 Å². The lowest BCUT2D eigenvalue weighted by Crippen LogP contribution is -2.27. The lowest BCUT2D eigenvalue weighted by molar-refractivity contribution is -0.131. The van der Waals surface area contributed by atoms with Crippen LogP contribution in [0.2, 0.25) is 0 Å². The second-order valence-corrected chi connectivity index (χ2v) is 5.10. The van der Waals surface area contributed by atoms with Crippen molar-refractivity contribution in [2.24, 2.45) is 0 Å². The molecule has 0 spiro atoms. The van der Waals surface area contributed by atoms with Gasteiger partial charge in [-0.1, -0.05) is 0 Å². The maximum atomic E-state index is 11.6. The van der Waals surface area contributed by atoms with Crippen molar-refractivity contribution < 1.29 is 19.4 Å². The summed E-state index contributed by atoms with van der Waals surface area (Å²) in [7, 11) is 0. The Balaban J connectivity index is 2.62. The number of carbonyl (C=O) groups is 2. The molecule has 1 heterocycles. The molecule has 6 heteroatoms. The summed E-state index contributed by atoms with van der Waals surface area (Å²) in [5.41, 5.74) is 0.242. The largest absolute Gasteiger partial charge is 0.478 e. The van der Waals surface area contributed by atoms with Gasteiger partial charge in [0.25, 0.3) is 5.91 Å². The van der Waals surface area contributed by atoms with Gasteiger partial charge in [-0.25, -0.2) is 9.78 Å². The first-order valence-corrected chi connectivity index (χ1v) is 6.07. The van der Waals surface area contributed by atoms with E-state index >= 15 is 0 Å². The van der Waals surface area contributed by atoms with E-state index < -0.39 is 11.6 Å². The number of ether oxygens (including phenoxy) is 1. The molecule has 0 aromatic carbocycles. The number of rotatable bonds is 5. The number of aromatic nitrogens is 1. The van der Waals surface area contributed by atoms with Crippen LogP contribution in [0.25, 0.3) is 6.08 Å². The van der Waals surface area contributed by atoms with Crippen molar-refractivity contribution in [3.05, 3.63) is 30.0 Å². The van der Waals surface area contributed by atoms with Crippen LogP contribution in [0.5, 0.6) is 0 Å². The number of anilines is 1. The lowest BCUT2D eigenvalue weighted by Gasteiger charge is -2.18. The van der Waals surface area contributed by atoms with E-state index in [1.54, 1.807) is 12.1 Å². The Morgan fingerprint density at radius 2 is 2.15 bits per heavy atom. The molecule has 0 saturated heterocycles. The minimum Gasteiger partial charge on any atom is -0.478 e. The van der Waals surface area contributed by atoms with Gasteiger partial charge in [0.2, 0.25) is 0 Å². The van der Waals surface area contributed by atoms with Crippen LogP contribution in [0.1, 0.15) is 26.3 Å². The van der Waals surface area contributed by atoms with E-state index in [9.17, 15) is 9.59 Å². The van der Waals surface area contributed by atoms with E-state index in [1.165, 1.54) is 12.3 Å². The van der Waals surface area contributed by atoms with Crippen LogP contribution in [0.4, 0.5) is 5.82 Å². The van der Waals surface area contributed by atoms with E-state index in [2.05, 4.69) is 10.3 Å². The van der Waals surface area contributed by atoms with Gasteiger partial charge in [-0.3, -0.25) is 4.79 Å². The highest BCUT2D eigenvalue weighted by Gasteiger charge is 2.13. The van der Waals surface area contributed by atoms with Crippen molar-refractivity contribution in [3.8, 4) is 0 Å². The molecule has 0 unspecified atom stereocenters. The third kappa shape index (κ3) is 6.65. The number of nitrogens with one attached hydrogen (secondary N) is 1. The van der Waals surface area contributed by atoms with E-state index in [0.29, 0.717) is 11.4 Å². The first-order valence-electron chi connectivity index (χ1n) is 6.07. The number of pyridine rings is 1. The van der Waals surface area contributed by atoms with Gasteiger partial charge in [0, 0.05) is 12.3 Å². The zero-order chi connectivity index (χ0) is 15.2. The predicted molar refractivity (Wildman–Crippen MR) is 75.2 cm³/mol. The highest BCUT2D eigenvalue weighted by Crippen LogP contribution is 2.10. The van der Waals surface area contributed by atoms with Crippen molar-refractivity contribution in [1.29, 1.82) is 0 Å². The average Bonchev–Trinajstić information content (AvgIpc) is 2.34. The van der Waals surface area contributed by atoms with Crippen molar-refractivity contribution >= 4 is 23.8 Å². The number of amides is 1. The van der Waals surface area contributed by atoms with Gasteiger partial charge in [-0.2, -0.15) is 0 Å². The lowest BCUT2D eigenvalue weighted by atomic mass is 10.2. The molecule has 0 saturated carbocycles. The Labute approximate surface area is 117 Å². The second kappa shape index (κ2) is 6.81. The zero-order valence-electron chi connectivity index (χ0n) is 11.7. The second-order valence-electron chi connectivity index (χ2n) is 5.10. The summed E-state index contributed by atoms with van der Waals surface area (Å²) in [6.07, 6.45) is 3.93. The minimum atomic E-state index is -1.04. The molecule has 0 fully saturated rings. The van der Waals surface area contributed by atoms with Gasteiger partial charge in [-0.05, 0) is 44.5 Å². The average molecular weight is 278 g/mol. The number of aliphatic carboxylic acids is 1. The molecule has 0 bridgehead atoms. The minimum absolute atomic E-state index is 0.0691. The molecule has 0 aliphatic rings. The van der Waals surface area contributed by atoms with Crippen molar-refractivity contribution in [3.63, 3.8) is 0 Å². The van der Waals surface area contributed by atoms with Crippen LogP contribution in [-0.4, -0.2) is 34.2 Å². The molecular formula is C14H18N2O4. The Morgan fingerprint density at radius 3 is 2.75 bits per heavy atom. The van der Waals surface area contributed by atoms with Gasteiger partial charge in [-0.15, -0.1) is 0 Å². The van der Waals surface area contributed by atoms with Crippen LogP contribution >= 0.6 is 0 Å². The molecule has 1 aromatic rings. The summed E-state index contributed by atoms with van der Waals surface area (Å²) in [5, 5.41) is 11.1. The highest BCUT2D eigenvalue weighted by molar-refractivity contribution is 5.91. The van der Waals surface area contributed by atoms with Gasteiger partial charge in [0.15, 0.2) is 0 Å². The number of hydrogen-bond acceptors (Lipinski definition) is 4. The molecule has 0 aliphatic carbocycles. The van der Waals surface area contributed by atoms with Crippen molar-refractivity contribution in [2.45, 2.75) is 26.4 Å². The Hall–Kier alpha value is -2.21. The van der Waals surface area contributed by atoms with E-state index in [0.717, 1.165) is 6.08 Å². The third-order valence-corrected chi connectivity index (χ3v) is 2.11. The van der Waals surface area contributed by atoms with Crippen molar-refractivity contribution in [1.82, 2.24) is 4.98 Å². The molecule has 1 rings (SSSR count). The molecule has 2 N–H and O–H groups in total. The molecule has 1 aromatic heterocycles. The Kier molecular flexibility index (Phi) is 5.40. The van der Waals surface area contributed by atoms with Crippen molar-refractivity contribution in [2.75, 3.05) is 11.9 Å². The first-order chi connectivity index (χ1) is 9.26. The summed E-state index contributed by atoms with van der Waals surface area (Å²) < 4.78 is 5.34. The summed E-state index contributed by atoms with van der Waals surface area (Å²) in [6.45, 7) is 5.50. The monoisotopic (exact) mass is 278 g/mol. The highest BCUT2D eigenvalue weighted by atomic mass is 16.5. The maximum Gasteiger partial charge on any atom is 0.328 e. The fourth-order valence-electron chi connectivity index (χ4n) is 1.25. The molecular weight excluding hydrogens is 260 g/mol. The normalized spacial score (nSPS) is 11.6. The summed E-state index contributed by atoms with van der Waals surface area (Å²) in [5.74, 6) is -1.00. The number of carboxylic acid groups (broad SMARTS) is 1. The maximum absolute atomic E-state index is 11.6. The number of carboxylic acids is 1. The summed E-state index contributed by atoms with van der Waals surface area (Å²) in [4.78, 5) is 26.1. The molecule has 6 nitrogen and oxygen atoms in total. The van der Waals surface area contributed by atoms with Gasteiger partial charge < -0.3 is 15.2 Å².